The number of nitrogens with zero attached hydrogens (tertiary/aromatic N) is 1. The number of aliphatic hydroxyl groups is 1. The van der Waals surface area contributed by atoms with Gasteiger partial charge >= 0.3 is 5.97 Å². The van der Waals surface area contributed by atoms with Crippen LogP contribution in [0.1, 0.15) is 22.8 Å². The van der Waals surface area contributed by atoms with E-state index in [0.29, 0.717) is 11.3 Å². The highest BCUT2D eigenvalue weighted by Gasteiger charge is 2.21. The van der Waals surface area contributed by atoms with Crippen molar-refractivity contribution in [1.82, 2.24) is 0 Å². The summed E-state index contributed by atoms with van der Waals surface area (Å²) in [5.74, 6) is -0.961. The number of aliphatic hydroxyl groups excluding tert-OH is 1. The van der Waals surface area contributed by atoms with Crippen LogP contribution in [0.2, 0.25) is 0 Å². The molecule has 2 N–H and O–H groups in total. The third-order valence-electron chi connectivity index (χ3n) is 2.22. The molecule has 0 aliphatic heterocycles. The molecule has 0 aliphatic carbocycles. The Balaban J connectivity index is 3.37. The maximum Gasteiger partial charge on any atom is 0.337 e. The zero-order chi connectivity index (χ0) is 12.3. The van der Waals surface area contributed by atoms with Crippen molar-refractivity contribution in [3.05, 3.63) is 28.8 Å². The van der Waals surface area contributed by atoms with Crippen LogP contribution >= 0.6 is 0 Å². The minimum Gasteiger partial charge on any atom is -0.496 e. The SMILES string of the molecule is COc1cc(C(O)C(=O)O)c(C#N)cc1C. The van der Waals surface area contributed by atoms with Gasteiger partial charge in [-0.25, -0.2) is 4.79 Å². The van der Waals surface area contributed by atoms with Crippen molar-refractivity contribution in [3.8, 4) is 11.8 Å². The van der Waals surface area contributed by atoms with Gasteiger partial charge in [0.2, 0.25) is 0 Å². The largest absolute Gasteiger partial charge is 0.496 e. The van der Waals surface area contributed by atoms with Gasteiger partial charge < -0.3 is 14.9 Å². The molecule has 5 nitrogen and oxygen atoms in total. The van der Waals surface area contributed by atoms with Crippen molar-refractivity contribution < 1.29 is 19.7 Å². The van der Waals surface area contributed by atoms with E-state index in [2.05, 4.69) is 0 Å². The van der Waals surface area contributed by atoms with Crippen LogP contribution in [-0.2, 0) is 4.79 Å². The second-order valence-corrected chi connectivity index (χ2v) is 3.26. The fourth-order valence-corrected chi connectivity index (χ4v) is 1.38. The second kappa shape index (κ2) is 4.64. The fourth-order valence-electron chi connectivity index (χ4n) is 1.38. The van der Waals surface area contributed by atoms with Gasteiger partial charge in [0.15, 0.2) is 6.10 Å². The number of ether oxygens (including phenoxy) is 1. The van der Waals surface area contributed by atoms with E-state index in [9.17, 15) is 9.90 Å². The summed E-state index contributed by atoms with van der Waals surface area (Å²) in [5.41, 5.74) is 0.881. The van der Waals surface area contributed by atoms with Gasteiger partial charge in [-0.05, 0) is 24.6 Å². The molecule has 84 valence electrons. The maximum absolute atomic E-state index is 10.7. The molecule has 0 radical (unpaired) electrons. The van der Waals surface area contributed by atoms with Crippen molar-refractivity contribution in [2.75, 3.05) is 7.11 Å². The van der Waals surface area contributed by atoms with Gasteiger partial charge in [0.05, 0.1) is 18.7 Å². The predicted molar refractivity (Wildman–Crippen MR) is 55.0 cm³/mol. The van der Waals surface area contributed by atoms with Crippen LogP contribution in [0.5, 0.6) is 5.75 Å². The number of rotatable bonds is 3. The van der Waals surface area contributed by atoms with E-state index in [0.717, 1.165) is 0 Å². The summed E-state index contributed by atoms with van der Waals surface area (Å²) in [6.45, 7) is 1.73. The Kier molecular flexibility index (Phi) is 3.48. The standard InChI is InChI=1S/C11H11NO4/c1-6-3-7(5-12)8(4-9(6)16-2)10(13)11(14)15/h3-4,10,13H,1-2H3,(H,14,15). The molecule has 1 aromatic rings. The van der Waals surface area contributed by atoms with Crippen molar-refractivity contribution in [3.63, 3.8) is 0 Å². The number of nitriles is 1. The summed E-state index contributed by atoms with van der Waals surface area (Å²) in [7, 11) is 1.44. The van der Waals surface area contributed by atoms with Gasteiger partial charge in [0.25, 0.3) is 0 Å². The molecule has 0 bridgehead atoms. The second-order valence-electron chi connectivity index (χ2n) is 3.26. The van der Waals surface area contributed by atoms with Gasteiger partial charge in [0.1, 0.15) is 5.75 Å². The molecule has 5 heteroatoms. The molecular formula is C11H11NO4. The molecule has 0 aliphatic rings. The van der Waals surface area contributed by atoms with Crippen LogP contribution in [0.3, 0.4) is 0 Å². The number of hydrogen-bond donors (Lipinski definition) is 2. The molecule has 1 aromatic carbocycles. The Bertz CT molecular complexity index is 462. The highest BCUT2D eigenvalue weighted by atomic mass is 16.5. The molecule has 0 saturated carbocycles. The lowest BCUT2D eigenvalue weighted by atomic mass is 10.00. The first-order chi connectivity index (χ1) is 7.51. The smallest absolute Gasteiger partial charge is 0.337 e. The van der Waals surface area contributed by atoms with E-state index in [4.69, 9.17) is 15.1 Å². The van der Waals surface area contributed by atoms with Gasteiger partial charge in [-0.15, -0.1) is 0 Å². The molecule has 0 amide bonds. The zero-order valence-electron chi connectivity index (χ0n) is 8.89. The monoisotopic (exact) mass is 221 g/mol. The Morgan fingerprint density at radius 1 is 1.56 bits per heavy atom. The molecule has 0 saturated heterocycles. The van der Waals surface area contributed by atoms with Crippen molar-refractivity contribution in [1.29, 1.82) is 5.26 Å². The lowest BCUT2D eigenvalue weighted by Gasteiger charge is -2.12. The number of carboxylic acids is 1. The first-order valence-electron chi connectivity index (χ1n) is 4.50. The number of benzene rings is 1. The Morgan fingerprint density at radius 2 is 2.19 bits per heavy atom. The Hall–Kier alpha value is -2.06. The molecular weight excluding hydrogens is 210 g/mol. The van der Waals surface area contributed by atoms with Crippen LogP contribution in [0.15, 0.2) is 12.1 Å². The molecule has 1 rings (SSSR count). The van der Waals surface area contributed by atoms with E-state index >= 15 is 0 Å². The maximum atomic E-state index is 10.7. The Morgan fingerprint density at radius 3 is 2.62 bits per heavy atom. The van der Waals surface area contributed by atoms with Crippen molar-refractivity contribution in [2.45, 2.75) is 13.0 Å². The third-order valence-corrected chi connectivity index (χ3v) is 2.22. The summed E-state index contributed by atoms with van der Waals surface area (Å²) in [6.07, 6.45) is -1.72. The average Bonchev–Trinajstić information content (AvgIpc) is 2.27. The lowest BCUT2D eigenvalue weighted by Crippen LogP contribution is -2.12. The first kappa shape index (κ1) is 12.0. The molecule has 1 unspecified atom stereocenters. The molecule has 1 atom stereocenters. The quantitative estimate of drug-likeness (QED) is 0.794. The van der Waals surface area contributed by atoms with E-state index < -0.39 is 12.1 Å². The topological polar surface area (TPSA) is 90.6 Å². The number of methoxy groups -OCH3 is 1. The molecule has 0 heterocycles. The van der Waals surface area contributed by atoms with Crippen LogP contribution in [-0.4, -0.2) is 23.3 Å². The summed E-state index contributed by atoms with van der Waals surface area (Å²) < 4.78 is 5.00. The Labute approximate surface area is 92.5 Å². The van der Waals surface area contributed by atoms with Crippen LogP contribution in [0.4, 0.5) is 0 Å². The van der Waals surface area contributed by atoms with Crippen LogP contribution < -0.4 is 4.74 Å². The van der Waals surface area contributed by atoms with Gasteiger partial charge in [-0.3, -0.25) is 0 Å². The number of aryl methyl sites for hydroxylation is 1. The van der Waals surface area contributed by atoms with E-state index in [-0.39, 0.29) is 11.1 Å². The number of aliphatic carboxylic acids is 1. The molecule has 0 fully saturated rings. The highest BCUT2D eigenvalue weighted by molar-refractivity contribution is 5.75. The third kappa shape index (κ3) is 2.12. The van der Waals surface area contributed by atoms with E-state index in [1.807, 2.05) is 6.07 Å². The van der Waals surface area contributed by atoms with Crippen molar-refractivity contribution >= 4 is 5.97 Å². The van der Waals surface area contributed by atoms with E-state index in [1.54, 1.807) is 6.92 Å². The fraction of sp³-hybridized carbons (Fsp3) is 0.273. The van der Waals surface area contributed by atoms with Gasteiger partial charge in [0, 0.05) is 5.56 Å². The number of carbonyl (C=O) groups is 1. The summed E-state index contributed by atoms with van der Waals surface area (Å²) in [6, 6.07) is 4.70. The first-order valence-corrected chi connectivity index (χ1v) is 4.50. The molecule has 0 spiro atoms. The van der Waals surface area contributed by atoms with Crippen LogP contribution in [0, 0.1) is 18.3 Å². The zero-order valence-corrected chi connectivity index (χ0v) is 8.89. The van der Waals surface area contributed by atoms with Crippen molar-refractivity contribution in [2.24, 2.45) is 0 Å². The average molecular weight is 221 g/mol. The minimum absolute atomic E-state index is 0.0393. The van der Waals surface area contributed by atoms with Gasteiger partial charge in [-0.1, -0.05) is 0 Å². The predicted octanol–water partition coefficient (Wildman–Crippen LogP) is 0.993. The summed E-state index contributed by atoms with van der Waals surface area (Å²) >= 11 is 0. The highest BCUT2D eigenvalue weighted by Crippen LogP contribution is 2.27. The summed E-state index contributed by atoms with van der Waals surface area (Å²) in [5, 5.41) is 26.9. The number of carboxylic acid groups (broad SMARTS) is 1. The lowest BCUT2D eigenvalue weighted by molar-refractivity contribution is -0.146. The minimum atomic E-state index is -1.72. The van der Waals surface area contributed by atoms with Crippen LogP contribution in [0.25, 0.3) is 0 Å². The number of hydrogen-bond acceptors (Lipinski definition) is 4. The molecule has 16 heavy (non-hydrogen) atoms. The summed E-state index contributed by atoms with van der Waals surface area (Å²) in [4.78, 5) is 10.7. The van der Waals surface area contributed by atoms with E-state index in [1.165, 1.54) is 19.2 Å². The molecule has 0 aromatic heterocycles. The normalized spacial score (nSPS) is 11.6. The van der Waals surface area contributed by atoms with Gasteiger partial charge in [-0.2, -0.15) is 5.26 Å².